The van der Waals surface area contributed by atoms with Gasteiger partial charge in [0.2, 0.25) is 0 Å². The van der Waals surface area contributed by atoms with Gasteiger partial charge in [-0.2, -0.15) is 5.10 Å². The molecule has 3 rings (SSSR count). The average molecular weight is 386 g/mol. The summed E-state index contributed by atoms with van der Waals surface area (Å²) in [6, 6.07) is 28.2. The predicted octanol–water partition coefficient (Wildman–Crippen LogP) is 4.28. The van der Waals surface area contributed by atoms with Gasteiger partial charge in [0, 0.05) is 24.5 Å². The molecule has 3 aromatic rings. The standard InChI is InChI=1S/C24H26N4O/c1-2-28(19-21-9-5-3-6-10-21)23-15-13-20(14-16-23)17-26-27-24(29)18-25-22-11-7-4-8-12-22/h3-17,25H,2,18-19H2,1H3,(H,27,29)/b26-17+. The van der Waals surface area contributed by atoms with Crippen LogP contribution in [0.2, 0.25) is 0 Å². The first kappa shape index (κ1) is 20.1. The second kappa shape index (κ2) is 10.7. The fourth-order valence-corrected chi connectivity index (χ4v) is 2.92. The first-order chi connectivity index (χ1) is 14.2. The van der Waals surface area contributed by atoms with Crippen LogP contribution in [0.3, 0.4) is 0 Å². The summed E-state index contributed by atoms with van der Waals surface area (Å²) in [4.78, 5) is 14.2. The predicted molar refractivity (Wildman–Crippen MR) is 120 cm³/mol. The van der Waals surface area contributed by atoms with E-state index in [0.717, 1.165) is 30.0 Å². The summed E-state index contributed by atoms with van der Waals surface area (Å²) in [6.45, 7) is 4.12. The molecule has 0 aliphatic carbocycles. The van der Waals surface area contributed by atoms with E-state index in [0.29, 0.717) is 0 Å². The average Bonchev–Trinajstić information content (AvgIpc) is 2.78. The Morgan fingerprint density at radius 3 is 2.24 bits per heavy atom. The van der Waals surface area contributed by atoms with E-state index in [2.05, 4.69) is 64.1 Å². The number of carbonyl (C=O) groups excluding carboxylic acids is 1. The maximum absolute atomic E-state index is 11.9. The molecule has 0 saturated carbocycles. The molecule has 5 nitrogen and oxygen atoms in total. The molecule has 0 bridgehead atoms. The quantitative estimate of drug-likeness (QED) is 0.426. The summed E-state index contributed by atoms with van der Waals surface area (Å²) in [5.41, 5.74) is 6.81. The van der Waals surface area contributed by atoms with Crippen molar-refractivity contribution in [2.75, 3.05) is 23.3 Å². The van der Waals surface area contributed by atoms with Gasteiger partial charge in [0.25, 0.3) is 5.91 Å². The van der Waals surface area contributed by atoms with E-state index in [4.69, 9.17) is 0 Å². The van der Waals surface area contributed by atoms with E-state index in [1.807, 2.05) is 48.5 Å². The van der Waals surface area contributed by atoms with Gasteiger partial charge >= 0.3 is 0 Å². The van der Waals surface area contributed by atoms with Gasteiger partial charge in [0.05, 0.1) is 12.8 Å². The molecule has 29 heavy (non-hydrogen) atoms. The molecule has 0 heterocycles. The first-order valence-corrected chi connectivity index (χ1v) is 9.74. The molecular formula is C24H26N4O. The number of hydrazone groups is 1. The van der Waals surface area contributed by atoms with Crippen LogP contribution < -0.4 is 15.6 Å². The molecule has 0 aliphatic heterocycles. The van der Waals surface area contributed by atoms with Gasteiger partial charge in [0.15, 0.2) is 0 Å². The number of carbonyl (C=O) groups is 1. The molecule has 2 N–H and O–H groups in total. The molecule has 0 atom stereocenters. The maximum atomic E-state index is 11.9. The Morgan fingerprint density at radius 1 is 0.931 bits per heavy atom. The van der Waals surface area contributed by atoms with Crippen LogP contribution in [-0.2, 0) is 11.3 Å². The molecule has 0 unspecified atom stereocenters. The van der Waals surface area contributed by atoms with Gasteiger partial charge in [-0.15, -0.1) is 0 Å². The normalized spacial score (nSPS) is 10.7. The first-order valence-electron chi connectivity index (χ1n) is 9.74. The van der Waals surface area contributed by atoms with Gasteiger partial charge in [-0.05, 0) is 42.3 Å². The van der Waals surface area contributed by atoms with Crippen LogP contribution in [-0.4, -0.2) is 25.2 Å². The van der Waals surface area contributed by atoms with Crippen molar-refractivity contribution in [3.05, 3.63) is 96.1 Å². The fraction of sp³-hybridized carbons (Fsp3) is 0.167. The molecule has 0 aliphatic rings. The number of hydrogen-bond acceptors (Lipinski definition) is 4. The number of nitrogens with zero attached hydrogens (tertiary/aromatic N) is 2. The number of hydrogen-bond donors (Lipinski definition) is 2. The Kier molecular flexibility index (Phi) is 7.41. The molecule has 3 aromatic carbocycles. The van der Waals surface area contributed by atoms with Crippen molar-refractivity contribution < 1.29 is 4.79 Å². The minimum atomic E-state index is -0.193. The SMILES string of the molecule is CCN(Cc1ccccc1)c1ccc(/C=N/NC(=O)CNc2ccccc2)cc1. The number of rotatable bonds is 9. The zero-order valence-corrected chi connectivity index (χ0v) is 16.6. The van der Waals surface area contributed by atoms with Gasteiger partial charge < -0.3 is 10.2 Å². The van der Waals surface area contributed by atoms with E-state index in [1.165, 1.54) is 5.56 Å². The molecule has 0 fully saturated rings. The molecule has 148 valence electrons. The number of anilines is 2. The summed E-state index contributed by atoms with van der Waals surface area (Å²) in [6.07, 6.45) is 1.65. The molecule has 5 heteroatoms. The van der Waals surface area contributed by atoms with Crippen molar-refractivity contribution in [2.24, 2.45) is 5.10 Å². The highest BCUT2D eigenvalue weighted by molar-refractivity contribution is 5.84. The second-order valence-corrected chi connectivity index (χ2v) is 6.60. The summed E-state index contributed by atoms with van der Waals surface area (Å²) in [5, 5.41) is 7.09. The summed E-state index contributed by atoms with van der Waals surface area (Å²) in [5.74, 6) is -0.193. The van der Waals surface area contributed by atoms with Crippen LogP contribution in [0.1, 0.15) is 18.1 Å². The van der Waals surface area contributed by atoms with Crippen LogP contribution >= 0.6 is 0 Å². The van der Waals surface area contributed by atoms with Gasteiger partial charge in [-0.1, -0.05) is 60.7 Å². The van der Waals surface area contributed by atoms with E-state index in [9.17, 15) is 4.79 Å². The highest BCUT2D eigenvalue weighted by atomic mass is 16.2. The lowest BCUT2D eigenvalue weighted by Gasteiger charge is -2.23. The van der Waals surface area contributed by atoms with Gasteiger partial charge in [0.1, 0.15) is 0 Å². The van der Waals surface area contributed by atoms with Crippen molar-refractivity contribution in [2.45, 2.75) is 13.5 Å². The third kappa shape index (κ3) is 6.50. The van der Waals surface area contributed by atoms with Crippen LogP contribution in [0.4, 0.5) is 11.4 Å². The number of amides is 1. The largest absolute Gasteiger partial charge is 0.376 e. The van der Waals surface area contributed by atoms with Gasteiger partial charge in [-0.3, -0.25) is 4.79 Å². The van der Waals surface area contributed by atoms with E-state index < -0.39 is 0 Å². The summed E-state index contributed by atoms with van der Waals surface area (Å²) >= 11 is 0. The number of nitrogens with one attached hydrogen (secondary N) is 2. The van der Waals surface area contributed by atoms with Crippen molar-refractivity contribution >= 4 is 23.5 Å². The van der Waals surface area contributed by atoms with Crippen LogP contribution in [0.15, 0.2) is 90.0 Å². The highest BCUT2D eigenvalue weighted by Gasteiger charge is 2.05. The third-order valence-electron chi connectivity index (χ3n) is 4.49. The molecule has 0 radical (unpaired) electrons. The summed E-state index contributed by atoms with van der Waals surface area (Å²) in [7, 11) is 0. The smallest absolute Gasteiger partial charge is 0.259 e. The maximum Gasteiger partial charge on any atom is 0.259 e. The van der Waals surface area contributed by atoms with Crippen LogP contribution in [0.5, 0.6) is 0 Å². The highest BCUT2D eigenvalue weighted by Crippen LogP contribution is 2.17. The Balaban J connectivity index is 1.49. The van der Waals surface area contributed by atoms with Crippen LogP contribution in [0, 0.1) is 0 Å². The topological polar surface area (TPSA) is 56.7 Å². The lowest BCUT2D eigenvalue weighted by molar-refractivity contribution is -0.119. The van der Waals surface area contributed by atoms with Crippen molar-refractivity contribution in [3.63, 3.8) is 0 Å². The Labute approximate surface area is 172 Å². The third-order valence-corrected chi connectivity index (χ3v) is 4.49. The monoisotopic (exact) mass is 386 g/mol. The number of benzene rings is 3. The zero-order chi connectivity index (χ0) is 20.3. The second-order valence-electron chi connectivity index (χ2n) is 6.60. The molecule has 0 aromatic heterocycles. The van der Waals surface area contributed by atoms with Crippen molar-refractivity contribution in [1.29, 1.82) is 0 Å². The van der Waals surface area contributed by atoms with Gasteiger partial charge in [-0.25, -0.2) is 5.43 Å². The molecule has 1 amide bonds. The lowest BCUT2D eigenvalue weighted by atomic mass is 10.1. The van der Waals surface area contributed by atoms with E-state index >= 15 is 0 Å². The molecule has 0 saturated heterocycles. The lowest BCUT2D eigenvalue weighted by Crippen LogP contribution is -2.25. The minimum absolute atomic E-state index is 0.172. The number of para-hydroxylation sites is 1. The van der Waals surface area contributed by atoms with Crippen LogP contribution in [0.25, 0.3) is 0 Å². The summed E-state index contributed by atoms with van der Waals surface area (Å²) < 4.78 is 0. The van der Waals surface area contributed by atoms with Crippen molar-refractivity contribution in [3.8, 4) is 0 Å². The fourth-order valence-electron chi connectivity index (χ4n) is 2.92. The Morgan fingerprint density at radius 2 is 1.59 bits per heavy atom. The Hall–Kier alpha value is -3.60. The van der Waals surface area contributed by atoms with E-state index in [-0.39, 0.29) is 12.5 Å². The van der Waals surface area contributed by atoms with E-state index in [1.54, 1.807) is 6.21 Å². The van der Waals surface area contributed by atoms with Crippen molar-refractivity contribution in [1.82, 2.24) is 5.43 Å². The zero-order valence-electron chi connectivity index (χ0n) is 16.6. The minimum Gasteiger partial charge on any atom is -0.376 e. The Bertz CT molecular complexity index is 909. The molecule has 0 spiro atoms. The molecular weight excluding hydrogens is 360 g/mol.